The van der Waals surface area contributed by atoms with E-state index < -0.39 is 51.2 Å². The summed E-state index contributed by atoms with van der Waals surface area (Å²) in [4.78, 5) is 24.7. The second kappa shape index (κ2) is 9.99. The molecule has 0 aliphatic heterocycles. The molecule has 0 aliphatic carbocycles. The summed E-state index contributed by atoms with van der Waals surface area (Å²) in [7, 11) is -2.85. The molecule has 0 saturated carbocycles. The number of halogens is 1. The molecule has 0 saturated heterocycles. The number of hydrogen-bond donors (Lipinski definition) is 1. The number of nitrogens with one attached hydrogen (secondary N) is 1. The van der Waals surface area contributed by atoms with E-state index in [2.05, 4.69) is 4.72 Å². The summed E-state index contributed by atoms with van der Waals surface area (Å²) in [6, 6.07) is 5.36. The van der Waals surface area contributed by atoms with Gasteiger partial charge in [-0.15, -0.1) is 0 Å². The van der Waals surface area contributed by atoms with Crippen molar-refractivity contribution in [1.82, 2.24) is 9.62 Å². The SMILES string of the molecule is CC(C)C(NS(=O)(=O)c1ccccc1F)C(=O)OCC(=O)N(C)CCC#N. The van der Waals surface area contributed by atoms with Crippen molar-refractivity contribution in [3.63, 3.8) is 0 Å². The van der Waals surface area contributed by atoms with Gasteiger partial charge in [0.25, 0.3) is 5.91 Å². The molecule has 10 heteroatoms. The van der Waals surface area contributed by atoms with Gasteiger partial charge in [-0.05, 0) is 18.1 Å². The van der Waals surface area contributed by atoms with Crippen molar-refractivity contribution in [1.29, 1.82) is 5.26 Å². The van der Waals surface area contributed by atoms with Gasteiger partial charge in [-0.3, -0.25) is 9.59 Å². The molecule has 1 rings (SSSR count). The Morgan fingerprint density at radius 3 is 2.52 bits per heavy atom. The molecule has 1 aromatic rings. The molecule has 0 radical (unpaired) electrons. The molecular weight excluding hydrogens is 377 g/mol. The number of benzene rings is 1. The lowest BCUT2D eigenvalue weighted by molar-refractivity contribution is -0.153. The fourth-order valence-electron chi connectivity index (χ4n) is 2.02. The fraction of sp³-hybridized carbons (Fsp3) is 0.471. The van der Waals surface area contributed by atoms with Crippen LogP contribution in [0.2, 0.25) is 0 Å². The number of ether oxygens (including phenoxy) is 1. The number of esters is 1. The van der Waals surface area contributed by atoms with Crippen LogP contribution in [0.4, 0.5) is 4.39 Å². The Hall–Kier alpha value is -2.51. The highest BCUT2D eigenvalue weighted by Crippen LogP contribution is 2.16. The lowest BCUT2D eigenvalue weighted by Gasteiger charge is -2.22. The molecule has 0 fully saturated rings. The number of amides is 1. The molecule has 148 valence electrons. The third-order valence-electron chi connectivity index (χ3n) is 3.65. The maximum absolute atomic E-state index is 13.8. The van der Waals surface area contributed by atoms with E-state index in [1.54, 1.807) is 13.8 Å². The van der Waals surface area contributed by atoms with Gasteiger partial charge in [-0.25, -0.2) is 12.8 Å². The zero-order valence-corrected chi connectivity index (χ0v) is 16.1. The lowest BCUT2D eigenvalue weighted by Crippen LogP contribution is -2.46. The van der Waals surface area contributed by atoms with Crippen molar-refractivity contribution < 1.29 is 27.1 Å². The van der Waals surface area contributed by atoms with Gasteiger partial charge < -0.3 is 9.64 Å². The third-order valence-corrected chi connectivity index (χ3v) is 5.13. The van der Waals surface area contributed by atoms with Gasteiger partial charge in [0, 0.05) is 13.6 Å². The number of nitriles is 1. The molecule has 27 heavy (non-hydrogen) atoms. The molecule has 0 bridgehead atoms. The molecule has 1 aromatic carbocycles. The van der Waals surface area contributed by atoms with Crippen molar-refractivity contribution in [2.75, 3.05) is 20.2 Å². The number of carbonyl (C=O) groups excluding carboxylic acids is 2. The van der Waals surface area contributed by atoms with Crippen LogP contribution in [0, 0.1) is 23.1 Å². The second-order valence-electron chi connectivity index (χ2n) is 6.10. The number of likely N-dealkylation sites (N-methyl/N-ethyl adjacent to an activating group) is 1. The van der Waals surface area contributed by atoms with E-state index >= 15 is 0 Å². The summed E-state index contributed by atoms with van der Waals surface area (Å²) in [6.45, 7) is 2.75. The van der Waals surface area contributed by atoms with E-state index in [0.29, 0.717) is 0 Å². The maximum Gasteiger partial charge on any atom is 0.324 e. The van der Waals surface area contributed by atoms with Gasteiger partial charge in [0.1, 0.15) is 16.8 Å². The summed E-state index contributed by atoms with van der Waals surface area (Å²) < 4.78 is 45.6. The molecule has 1 N–H and O–H groups in total. The van der Waals surface area contributed by atoms with Crippen molar-refractivity contribution >= 4 is 21.9 Å². The van der Waals surface area contributed by atoms with Crippen LogP contribution in [0.1, 0.15) is 20.3 Å². The monoisotopic (exact) mass is 399 g/mol. The molecule has 0 aliphatic rings. The van der Waals surface area contributed by atoms with E-state index in [-0.39, 0.29) is 13.0 Å². The smallest absolute Gasteiger partial charge is 0.324 e. The third kappa shape index (κ3) is 6.62. The van der Waals surface area contributed by atoms with Gasteiger partial charge >= 0.3 is 5.97 Å². The van der Waals surface area contributed by atoms with Crippen LogP contribution in [0.25, 0.3) is 0 Å². The Balaban J connectivity index is 2.81. The summed E-state index contributed by atoms with van der Waals surface area (Å²) in [5.74, 6) is -2.94. The van der Waals surface area contributed by atoms with Crippen molar-refractivity contribution in [2.24, 2.45) is 5.92 Å². The minimum atomic E-state index is -4.30. The highest BCUT2D eigenvalue weighted by molar-refractivity contribution is 7.89. The first kappa shape index (κ1) is 22.5. The topological polar surface area (TPSA) is 117 Å². The van der Waals surface area contributed by atoms with Crippen LogP contribution in [-0.4, -0.2) is 51.4 Å². The van der Waals surface area contributed by atoms with E-state index in [9.17, 15) is 22.4 Å². The first-order chi connectivity index (χ1) is 12.6. The lowest BCUT2D eigenvalue weighted by atomic mass is 10.1. The molecular formula is C17H22FN3O5S. The molecule has 0 spiro atoms. The van der Waals surface area contributed by atoms with Crippen LogP contribution in [0.5, 0.6) is 0 Å². The highest BCUT2D eigenvalue weighted by Gasteiger charge is 2.31. The minimum Gasteiger partial charge on any atom is -0.454 e. The Morgan fingerprint density at radius 2 is 1.96 bits per heavy atom. The first-order valence-corrected chi connectivity index (χ1v) is 9.63. The number of hydrogen-bond acceptors (Lipinski definition) is 6. The Morgan fingerprint density at radius 1 is 1.33 bits per heavy atom. The van der Waals surface area contributed by atoms with Crippen molar-refractivity contribution in [3.8, 4) is 6.07 Å². The fourth-order valence-corrected chi connectivity index (χ4v) is 3.44. The normalized spacial score (nSPS) is 12.3. The zero-order valence-electron chi connectivity index (χ0n) is 15.3. The molecule has 8 nitrogen and oxygen atoms in total. The Labute approximate surface area is 158 Å². The summed E-state index contributed by atoms with van der Waals surface area (Å²) >= 11 is 0. The average Bonchev–Trinajstić information content (AvgIpc) is 2.61. The second-order valence-corrected chi connectivity index (χ2v) is 7.79. The van der Waals surface area contributed by atoms with Crippen molar-refractivity contribution in [3.05, 3.63) is 30.1 Å². The van der Waals surface area contributed by atoms with Crippen LogP contribution in [-0.2, 0) is 24.3 Å². The van der Waals surface area contributed by atoms with E-state index in [1.807, 2.05) is 6.07 Å². The summed E-state index contributed by atoms with van der Waals surface area (Å²) in [6.07, 6.45) is 0.132. The number of sulfonamides is 1. The number of rotatable bonds is 9. The highest BCUT2D eigenvalue weighted by atomic mass is 32.2. The Bertz CT molecular complexity index is 820. The average molecular weight is 399 g/mol. The van der Waals surface area contributed by atoms with E-state index in [4.69, 9.17) is 10.00 Å². The summed E-state index contributed by atoms with van der Waals surface area (Å²) in [5.41, 5.74) is 0. The largest absolute Gasteiger partial charge is 0.454 e. The van der Waals surface area contributed by atoms with Crippen molar-refractivity contribution in [2.45, 2.75) is 31.2 Å². The van der Waals surface area contributed by atoms with Crippen LogP contribution in [0.15, 0.2) is 29.2 Å². The number of nitrogens with zero attached hydrogens (tertiary/aromatic N) is 2. The van der Waals surface area contributed by atoms with Crippen LogP contribution in [0.3, 0.4) is 0 Å². The molecule has 0 heterocycles. The summed E-state index contributed by atoms with van der Waals surface area (Å²) in [5, 5.41) is 8.51. The van der Waals surface area contributed by atoms with E-state index in [1.165, 1.54) is 24.1 Å². The van der Waals surface area contributed by atoms with Gasteiger partial charge in [0.05, 0.1) is 12.5 Å². The van der Waals surface area contributed by atoms with Crippen LogP contribution < -0.4 is 4.72 Å². The molecule has 1 atom stereocenters. The minimum absolute atomic E-state index is 0.132. The first-order valence-electron chi connectivity index (χ1n) is 8.14. The molecule has 1 unspecified atom stereocenters. The van der Waals surface area contributed by atoms with Gasteiger partial charge in [0.15, 0.2) is 6.61 Å². The van der Waals surface area contributed by atoms with E-state index in [0.717, 1.165) is 12.1 Å². The quantitative estimate of drug-likeness (QED) is 0.620. The number of carbonyl (C=O) groups is 2. The van der Waals surface area contributed by atoms with Crippen LogP contribution >= 0.6 is 0 Å². The van der Waals surface area contributed by atoms with Gasteiger partial charge in [0.2, 0.25) is 10.0 Å². The Kier molecular flexibility index (Phi) is 8.33. The predicted octanol–water partition coefficient (Wildman–Crippen LogP) is 1.04. The standard InChI is InChI=1S/C17H22FN3O5S/c1-12(2)16(17(23)26-11-15(22)21(3)10-6-9-19)20-27(24,25)14-8-5-4-7-13(14)18/h4-5,7-8,12,16,20H,6,10-11H2,1-3H3. The predicted molar refractivity (Wildman–Crippen MR) is 94.2 cm³/mol. The molecule has 1 amide bonds. The van der Waals surface area contributed by atoms with Gasteiger partial charge in [-0.1, -0.05) is 26.0 Å². The zero-order chi connectivity index (χ0) is 20.6. The molecule has 0 aromatic heterocycles. The van der Waals surface area contributed by atoms with Gasteiger partial charge in [-0.2, -0.15) is 9.98 Å². The maximum atomic E-state index is 13.8.